The largest absolute Gasteiger partial charge is 0.238 e. The van der Waals surface area contributed by atoms with Gasteiger partial charge in [0, 0.05) is 6.21 Å². The third-order valence-electron chi connectivity index (χ3n) is 1.28. The van der Waals surface area contributed by atoms with Crippen molar-refractivity contribution in [1.29, 1.82) is 0 Å². The van der Waals surface area contributed by atoms with E-state index in [4.69, 9.17) is 34.8 Å². The van der Waals surface area contributed by atoms with Gasteiger partial charge in [-0.1, -0.05) is 23.2 Å². The fourth-order valence-electron chi connectivity index (χ4n) is 0.783. The Morgan fingerprint density at radius 3 is 2.69 bits per heavy atom. The van der Waals surface area contributed by atoms with Crippen LogP contribution in [0.3, 0.4) is 0 Å². The van der Waals surface area contributed by atoms with Crippen molar-refractivity contribution in [3.8, 4) is 0 Å². The Kier molecular flexibility index (Phi) is 2.83. The molecule has 3 nitrogen and oxygen atoms in total. The Morgan fingerprint density at radius 2 is 1.92 bits per heavy atom. The van der Waals surface area contributed by atoms with Gasteiger partial charge in [0.25, 0.3) is 0 Å². The molecule has 1 aliphatic heterocycles. The normalized spacial score (nSPS) is 14.5. The van der Waals surface area contributed by atoms with Crippen molar-refractivity contribution in [1.82, 2.24) is 9.97 Å². The van der Waals surface area contributed by atoms with E-state index >= 15 is 0 Å². The Morgan fingerprint density at radius 1 is 1.15 bits per heavy atom. The smallest absolute Gasteiger partial charge is 0.224 e. The van der Waals surface area contributed by atoms with E-state index in [1.54, 1.807) is 6.21 Å². The van der Waals surface area contributed by atoms with Crippen LogP contribution in [0.5, 0.6) is 0 Å². The summed E-state index contributed by atoms with van der Waals surface area (Å²) >= 11 is 16.7. The SMILES string of the molecule is ClC1=Ic2nc(Cl)nc(Cl)c2C=N1. The first-order valence-corrected chi connectivity index (χ1v) is 6.40. The molecule has 0 spiro atoms. The minimum Gasteiger partial charge on any atom is -0.238 e. The molecule has 0 unspecified atom stereocenters. The number of nitrogens with zero attached hydrogens (tertiary/aromatic N) is 3. The summed E-state index contributed by atoms with van der Waals surface area (Å²) in [6, 6.07) is 0. The molecule has 0 bridgehead atoms. The first-order valence-electron chi connectivity index (χ1n) is 3.11. The van der Waals surface area contributed by atoms with Crippen LogP contribution in [0.4, 0.5) is 0 Å². The molecule has 7 heteroatoms. The van der Waals surface area contributed by atoms with E-state index in [1.165, 1.54) is 0 Å². The van der Waals surface area contributed by atoms with Crippen molar-refractivity contribution < 1.29 is 0 Å². The van der Waals surface area contributed by atoms with E-state index in [0.29, 0.717) is 8.25 Å². The number of rotatable bonds is 0. The zero-order chi connectivity index (χ0) is 9.42. The van der Waals surface area contributed by atoms with Crippen molar-refractivity contribution in [2.24, 2.45) is 4.99 Å². The molecule has 0 radical (unpaired) electrons. The van der Waals surface area contributed by atoms with Gasteiger partial charge in [0.2, 0.25) is 5.28 Å². The second-order valence-electron chi connectivity index (χ2n) is 2.08. The molecule has 0 amide bonds. The summed E-state index contributed by atoms with van der Waals surface area (Å²) < 4.78 is 1.40. The Bertz CT molecular complexity index is 429. The fraction of sp³-hybridized carbons (Fsp3) is 0. The quantitative estimate of drug-likeness (QED) is 0.313. The average Bonchev–Trinajstić information content (AvgIpc) is 2.02. The van der Waals surface area contributed by atoms with Crippen LogP contribution in [-0.4, -0.2) is 19.3 Å². The molecule has 2 heterocycles. The Hall–Kier alpha value is 0.220. The maximum atomic E-state index is 5.83. The van der Waals surface area contributed by atoms with E-state index in [1.807, 2.05) is 0 Å². The standard InChI is InChI=1S/C6HCl3IN3/c7-3-2-1-11-5(8)10-4(2)13-6(9)12-3/h1H. The molecule has 0 fully saturated rings. The second-order valence-corrected chi connectivity index (χ2v) is 6.36. The van der Waals surface area contributed by atoms with Gasteiger partial charge in [-0.05, 0) is 32.3 Å². The van der Waals surface area contributed by atoms with E-state index in [0.717, 1.165) is 9.26 Å². The summed E-state index contributed by atoms with van der Waals surface area (Å²) in [5, 5.41) is 0.492. The molecule has 0 saturated carbocycles. The van der Waals surface area contributed by atoms with Crippen molar-refractivity contribution in [2.45, 2.75) is 0 Å². The van der Waals surface area contributed by atoms with Crippen LogP contribution < -0.4 is 0 Å². The van der Waals surface area contributed by atoms with Crippen LogP contribution in [0.1, 0.15) is 5.56 Å². The summed E-state index contributed by atoms with van der Waals surface area (Å²) in [5.41, 5.74) is 0.739. The van der Waals surface area contributed by atoms with Gasteiger partial charge >= 0.3 is 0 Å². The molecule has 1 aliphatic rings. The predicted molar refractivity (Wildman–Crippen MR) is 63.2 cm³/mol. The van der Waals surface area contributed by atoms with Gasteiger partial charge in [0.05, 0.1) is 5.56 Å². The van der Waals surface area contributed by atoms with Crippen LogP contribution in [-0.2, 0) is 0 Å². The van der Waals surface area contributed by atoms with Crippen molar-refractivity contribution in [2.75, 3.05) is 0 Å². The van der Waals surface area contributed by atoms with Crippen LogP contribution in [0.2, 0.25) is 10.4 Å². The highest BCUT2D eigenvalue weighted by atomic mass is 127. The maximum Gasteiger partial charge on any atom is 0.224 e. The summed E-state index contributed by atoms with van der Waals surface area (Å²) in [7, 11) is 0. The number of aromatic nitrogens is 2. The second kappa shape index (κ2) is 3.76. The third kappa shape index (κ3) is 2.01. The summed E-state index contributed by atoms with van der Waals surface area (Å²) in [5.74, 6) is 0. The predicted octanol–water partition coefficient (Wildman–Crippen LogP) is 2.68. The molecule has 0 aromatic carbocycles. The van der Waals surface area contributed by atoms with Gasteiger partial charge in [0.1, 0.15) is 8.85 Å². The molecule has 0 saturated heterocycles. The number of fused-ring (bicyclic) bond motifs is 1. The Labute approximate surface area is 98.9 Å². The molecule has 0 aliphatic carbocycles. The Balaban J connectivity index is 2.69. The lowest BCUT2D eigenvalue weighted by atomic mass is 10.4. The highest BCUT2D eigenvalue weighted by Crippen LogP contribution is 2.26. The third-order valence-corrected chi connectivity index (χ3v) is 4.37. The first-order chi connectivity index (χ1) is 6.16. The molecule has 1 aromatic heterocycles. The van der Waals surface area contributed by atoms with Gasteiger partial charge in [-0.2, -0.15) is 0 Å². The summed E-state index contributed by atoms with van der Waals surface area (Å²) in [6.07, 6.45) is 1.57. The summed E-state index contributed by atoms with van der Waals surface area (Å²) in [6.45, 7) is 0. The lowest BCUT2D eigenvalue weighted by Gasteiger charge is -2.05. The number of hydrogen-bond acceptors (Lipinski definition) is 3. The highest BCUT2D eigenvalue weighted by molar-refractivity contribution is 14.2. The van der Waals surface area contributed by atoms with Gasteiger partial charge in [0.15, 0.2) is 3.09 Å². The van der Waals surface area contributed by atoms with E-state index in [-0.39, 0.29) is 5.28 Å². The molecule has 1 aromatic rings. The van der Waals surface area contributed by atoms with Gasteiger partial charge < -0.3 is 0 Å². The average molecular weight is 348 g/mol. The minimum absolute atomic E-state index is 0.156. The first kappa shape index (κ1) is 9.76. The zero-order valence-corrected chi connectivity index (χ0v) is 10.4. The lowest BCUT2D eigenvalue weighted by Crippen LogP contribution is -2.01. The van der Waals surface area contributed by atoms with Gasteiger partial charge in [-0.25, -0.2) is 15.0 Å². The van der Waals surface area contributed by atoms with Crippen LogP contribution in [0.25, 0.3) is 0 Å². The molecule has 68 valence electrons. The number of halogens is 4. The van der Waals surface area contributed by atoms with Crippen LogP contribution in [0, 0.1) is 3.70 Å². The molecular weight excluding hydrogens is 347 g/mol. The van der Waals surface area contributed by atoms with Crippen molar-refractivity contribution >= 4 is 64.8 Å². The topological polar surface area (TPSA) is 38.1 Å². The van der Waals surface area contributed by atoms with E-state index in [2.05, 4.69) is 15.0 Å². The minimum atomic E-state index is -0.537. The van der Waals surface area contributed by atoms with E-state index in [9.17, 15) is 0 Å². The van der Waals surface area contributed by atoms with Crippen LogP contribution >= 0.6 is 55.5 Å². The summed E-state index contributed by atoms with van der Waals surface area (Å²) in [4.78, 5) is 11.8. The molecule has 13 heavy (non-hydrogen) atoms. The fourth-order valence-corrected chi connectivity index (χ4v) is 3.75. The highest BCUT2D eigenvalue weighted by Gasteiger charge is 2.13. The molecular formula is C6HCl3IN3. The van der Waals surface area contributed by atoms with Gasteiger partial charge in [-0.3, -0.25) is 0 Å². The number of hydrogen-bond donors (Lipinski definition) is 0. The lowest BCUT2D eigenvalue weighted by molar-refractivity contribution is 1.13. The van der Waals surface area contributed by atoms with Crippen molar-refractivity contribution in [3.05, 3.63) is 19.7 Å². The van der Waals surface area contributed by atoms with E-state index < -0.39 is 20.7 Å². The molecule has 0 N–H and O–H groups in total. The van der Waals surface area contributed by atoms with Crippen molar-refractivity contribution in [3.63, 3.8) is 0 Å². The molecule has 2 rings (SSSR count). The zero-order valence-electron chi connectivity index (χ0n) is 5.93. The van der Waals surface area contributed by atoms with Crippen LogP contribution in [0.15, 0.2) is 4.99 Å². The van der Waals surface area contributed by atoms with Gasteiger partial charge in [-0.15, -0.1) is 0 Å². The maximum absolute atomic E-state index is 5.83. The number of aliphatic imine (C=N–C) groups is 1. The molecule has 0 atom stereocenters. The monoisotopic (exact) mass is 347 g/mol.